The van der Waals surface area contributed by atoms with Gasteiger partial charge in [-0.1, -0.05) is 0 Å². The molecule has 7 nitrogen and oxygen atoms in total. The molecule has 7 heteroatoms. The van der Waals surface area contributed by atoms with Crippen molar-refractivity contribution < 1.29 is 24.2 Å². The van der Waals surface area contributed by atoms with E-state index in [9.17, 15) is 9.59 Å². The number of piperazine rings is 1. The number of methoxy groups -OCH3 is 2. The van der Waals surface area contributed by atoms with E-state index in [2.05, 4.69) is 4.90 Å². The Balaban J connectivity index is 2.15. The van der Waals surface area contributed by atoms with E-state index < -0.39 is 12.1 Å². The van der Waals surface area contributed by atoms with E-state index in [0.717, 1.165) is 5.69 Å². The molecule has 0 spiro atoms. The number of anilines is 1. The molecule has 1 amide bonds. The molecule has 0 bridgehead atoms. The minimum absolute atomic E-state index is 0.368. The fourth-order valence-corrected chi connectivity index (χ4v) is 2.31. The summed E-state index contributed by atoms with van der Waals surface area (Å²) in [5.41, 5.74) is 1.26. The maximum Gasteiger partial charge on any atom is 0.407 e. The molecule has 1 heterocycles. The Morgan fingerprint density at radius 2 is 1.81 bits per heavy atom. The first-order valence-electron chi connectivity index (χ1n) is 6.56. The summed E-state index contributed by atoms with van der Waals surface area (Å²) in [5.74, 6) is -0.00545. The fourth-order valence-electron chi connectivity index (χ4n) is 2.31. The van der Waals surface area contributed by atoms with Crippen molar-refractivity contribution in [3.05, 3.63) is 23.8 Å². The summed E-state index contributed by atoms with van der Waals surface area (Å²) in [4.78, 5) is 25.9. The van der Waals surface area contributed by atoms with E-state index in [1.54, 1.807) is 12.1 Å². The molecule has 1 fully saturated rings. The Hall–Kier alpha value is -2.44. The zero-order chi connectivity index (χ0) is 15.4. The maximum atomic E-state index is 11.6. The van der Waals surface area contributed by atoms with Crippen LogP contribution < -0.4 is 9.64 Å². The summed E-state index contributed by atoms with van der Waals surface area (Å²) in [6.07, 6.45) is -0.895. The highest BCUT2D eigenvalue weighted by molar-refractivity contribution is 5.93. The molecular formula is C14H18N2O5. The van der Waals surface area contributed by atoms with Crippen molar-refractivity contribution in [2.45, 2.75) is 0 Å². The molecule has 1 aliphatic heterocycles. The summed E-state index contributed by atoms with van der Waals surface area (Å²) >= 11 is 0. The van der Waals surface area contributed by atoms with E-state index in [4.69, 9.17) is 14.6 Å². The predicted octanol–water partition coefficient (Wildman–Crippen LogP) is 1.28. The van der Waals surface area contributed by atoms with Crippen LogP contribution in [0.5, 0.6) is 5.75 Å². The lowest BCUT2D eigenvalue weighted by Crippen LogP contribution is -2.48. The van der Waals surface area contributed by atoms with Crippen LogP contribution in [0.3, 0.4) is 0 Å². The zero-order valence-corrected chi connectivity index (χ0v) is 12.0. The fraction of sp³-hybridized carbons (Fsp3) is 0.429. The molecule has 1 N–H and O–H groups in total. The molecule has 0 atom stereocenters. The van der Waals surface area contributed by atoms with Crippen molar-refractivity contribution >= 4 is 17.7 Å². The van der Waals surface area contributed by atoms with Crippen molar-refractivity contribution in [3.63, 3.8) is 0 Å². The number of carbonyl (C=O) groups excluding carboxylic acids is 1. The summed E-state index contributed by atoms with van der Waals surface area (Å²) in [6.45, 7) is 2.12. The van der Waals surface area contributed by atoms with Gasteiger partial charge in [-0.3, -0.25) is 0 Å². The van der Waals surface area contributed by atoms with Crippen LogP contribution in [-0.2, 0) is 4.74 Å². The summed E-state index contributed by atoms with van der Waals surface area (Å²) < 4.78 is 9.93. The third-order valence-corrected chi connectivity index (χ3v) is 3.51. The molecular weight excluding hydrogens is 276 g/mol. The molecule has 0 aromatic heterocycles. The molecule has 1 aromatic rings. The van der Waals surface area contributed by atoms with E-state index in [-0.39, 0.29) is 0 Å². The van der Waals surface area contributed by atoms with Crippen LogP contribution in [0.1, 0.15) is 10.4 Å². The Morgan fingerprint density at radius 3 is 2.33 bits per heavy atom. The second-order valence-corrected chi connectivity index (χ2v) is 4.63. The van der Waals surface area contributed by atoms with Gasteiger partial charge in [0.2, 0.25) is 0 Å². The zero-order valence-electron chi connectivity index (χ0n) is 12.0. The highest BCUT2D eigenvalue weighted by Gasteiger charge is 2.22. The van der Waals surface area contributed by atoms with E-state index in [1.165, 1.54) is 19.1 Å². The van der Waals surface area contributed by atoms with Gasteiger partial charge in [0.25, 0.3) is 0 Å². The highest BCUT2D eigenvalue weighted by atomic mass is 16.5. The molecule has 0 aliphatic carbocycles. The molecule has 1 saturated heterocycles. The monoisotopic (exact) mass is 294 g/mol. The van der Waals surface area contributed by atoms with Crippen LogP contribution in [-0.4, -0.2) is 62.5 Å². The number of amides is 1. The van der Waals surface area contributed by atoms with Crippen molar-refractivity contribution in [2.75, 3.05) is 45.3 Å². The third-order valence-electron chi connectivity index (χ3n) is 3.51. The van der Waals surface area contributed by atoms with Gasteiger partial charge >= 0.3 is 12.1 Å². The molecule has 0 unspecified atom stereocenters. The average Bonchev–Trinajstić information content (AvgIpc) is 2.53. The van der Waals surface area contributed by atoms with Crippen LogP contribution in [0, 0.1) is 0 Å². The van der Waals surface area contributed by atoms with Crippen molar-refractivity contribution in [3.8, 4) is 5.75 Å². The van der Waals surface area contributed by atoms with Gasteiger partial charge in [0.1, 0.15) is 11.3 Å². The minimum Gasteiger partial charge on any atom is -0.496 e. The standard InChI is InChI=1S/C14H18N2O5/c1-20-12-9-10(3-4-11(12)13(17)21-2)15-5-7-16(8-6-15)14(18)19/h3-4,9H,5-8H2,1-2H3,(H,18,19). The molecule has 1 aliphatic rings. The summed E-state index contributed by atoms with van der Waals surface area (Å²) in [7, 11) is 2.81. The van der Waals surface area contributed by atoms with Crippen LogP contribution in [0.15, 0.2) is 18.2 Å². The molecule has 0 saturated carbocycles. The van der Waals surface area contributed by atoms with Gasteiger partial charge in [-0.15, -0.1) is 0 Å². The Labute approximate surface area is 122 Å². The lowest BCUT2D eigenvalue weighted by molar-refractivity contribution is 0.0597. The number of rotatable bonds is 3. The van der Waals surface area contributed by atoms with Crippen LogP contribution in [0.4, 0.5) is 10.5 Å². The van der Waals surface area contributed by atoms with Gasteiger partial charge in [0.15, 0.2) is 0 Å². The predicted molar refractivity (Wildman–Crippen MR) is 76.1 cm³/mol. The van der Waals surface area contributed by atoms with Crippen LogP contribution >= 0.6 is 0 Å². The van der Waals surface area contributed by atoms with Crippen molar-refractivity contribution in [1.82, 2.24) is 4.90 Å². The SMILES string of the molecule is COC(=O)c1ccc(N2CCN(C(=O)O)CC2)cc1OC. The normalized spacial score (nSPS) is 14.8. The third kappa shape index (κ3) is 3.18. The van der Waals surface area contributed by atoms with Gasteiger partial charge in [-0.2, -0.15) is 0 Å². The first-order chi connectivity index (χ1) is 10.1. The molecule has 0 radical (unpaired) electrons. The number of benzene rings is 1. The Morgan fingerprint density at radius 1 is 1.14 bits per heavy atom. The largest absolute Gasteiger partial charge is 0.496 e. The Kier molecular flexibility index (Phi) is 4.52. The van der Waals surface area contributed by atoms with E-state index in [1.807, 2.05) is 6.07 Å². The van der Waals surface area contributed by atoms with Gasteiger partial charge in [0.05, 0.1) is 14.2 Å². The summed E-state index contributed by atoms with van der Waals surface area (Å²) in [6, 6.07) is 5.23. The molecule has 1 aromatic carbocycles. The topological polar surface area (TPSA) is 79.3 Å². The smallest absolute Gasteiger partial charge is 0.407 e. The second kappa shape index (κ2) is 6.34. The minimum atomic E-state index is -0.895. The van der Waals surface area contributed by atoms with Crippen LogP contribution in [0.2, 0.25) is 0 Å². The van der Waals surface area contributed by atoms with Gasteiger partial charge in [-0.25, -0.2) is 9.59 Å². The number of ether oxygens (including phenoxy) is 2. The van der Waals surface area contributed by atoms with Gasteiger partial charge < -0.3 is 24.4 Å². The lowest BCUT2D eigenvalue weighted by atomic mass is 10.1. The van der Waals surface area contributed by atoms with E-state index in [0.29, 0.717) is 37.5 Å². The first kappa shape index (κ1) is 15.0. The molecule has 114 valence electrons. The van der Waals surface area contributed by atoms with Crippen molar-refractivity contribution in [1.29, 1.82) is 0 Å². The molecule has 21 heavy (non-hydrogen) atoms. The number of hydrogen-bond acceptors (Lipinski definition) is 5. The quantitative estimate of drug-likeness (QED) is 0.846. The second-order valence-electron chi connectivity index (χ2n) is 4.63. The number of esters is 1. The van der Waals surface area contributed by atoms with Gasteiger partial charge in [-0.05, 0) is 12.1 Å². The molecule has 2 rings (SSSR count). The number of carbonyl (C=O) groups is 2. The maximum absolute atomic E-state index is 11.6. The van der Waals surface area contributed by atoms with Crippen molar-refractivity contribution in [2.24, 2.45) is 0 Å². The van der Waals surface area contributed by atoms with Crippen LogP contribution in [0.25, 0.3) is 0 Å². The summed E-state index contributed by atoms with van der Waals surface area (Å²) in [5, 5.41) is 8.94. The number of nitrogens with zero attached hydrogens (tertiary/aromatic N) is 2. The number of hydrogen-bond donors (Lipinski definition) is 1. The first-order valence-corrected chi connectivity index (χ1v) is 6.56. The lowest BCUT2D eigenvalue weighted by Gasteiger charge is -2.34. The van der Waals surface area contributed by atoms with E-state index >= 15 is 0 Å². The average molecular weight is 294 g/mol. The van der Waals surface area contributed by atoms with Gasteiger partial charge in [0, 0.05) is 37.9 Å². The highest BCUT2D eigenvalue weighted by Crippen LogP contribution is 2.27. The number of carboxylic acid groups (broad SMARTS) is 1. The Bertz CT molecular complexity index is 538.